The molecule has 1 aromatic rings. The molecule has 0 radical (unpaired) electrons. The van der Waals surface area contributed by atoms with Crippen molar-refractivity contribution in [1.29, 1.82) is 0 Å². The molecule has 16 heavy (non-hydrogen) atoms. The maximum atomic E-state index is 11.7. The monoisotopic (exact) mass is 224 g/mol. The Hall–Kier alpha value is -1.52. The molecule has 1 saturated heterocycles. The van der Waals surface area contributed by atoms with Crippen LogP contribution in [0.5, 0.6) is 0 Å². The van der Waals surface area contributed by atoms with Crippen molar-refractivity contribution in [3.63, 3.8) is 0 Å². The number of ether oxygens (including phenoxy) is 1. The zero-order valence-corrected chi connectivity index (χ0v) is 9.60. The Bertz CT molecular complexity index is 375. The number of likely N-dealkylation sites (tertiary alicyclic amines) is 1. The molecule has 1 atom stereocenters. The fourth-order valence-electron chi connectivity index (χ4n) is 2.03. The molecule has 2 heterocycles. The van der Waals surface area contributed by atoms with E-state index >= 15 is 0 Å². The molecular weight excluding hydrogens is 208 g/mol. The number of amides is 1. The average Bonchev–Trinajstić information content (AvgIpc) is 2.85. The molecule has 5 nitrogen and oxygen atoms in total. The molecule has 1 amide bonds. The van der Waals surface area contributed by atoms with Crippen LogP contribution in [0.15, 0.2) is 10.6 Å². The molecule has 0 aromatic carbocycles. The summed E-state index contributed by atoms with van der Waals surface area (Å²) in [5, 5.41) is 3.85. The molecule has 1 aliphatic heterocycles. The van der Waals surface area contributed by atoms with Gasteiger partial charge in [-0.25, -0.2) is 4.79 Å². The van der Waals surface area contributed by atoms with Crippen LogP contribution in [0.4, 0.5) is 4.79 Å². The largest absolute Gasteiger partial charge is 0.450 e. The minimum atomic E-state index is -0.265. The van der Waals surface area contributed by atoms with E-state index in [1.54, 1.807) is 4.90 Å². The van der Waals surface area contributed by atoms with Crippen LogP contribution in [0, 0.1) is 6.92 Å². The Morgan fingerprint density at radius 2 is 2.56 bits per heavy atom. The fourth-order valence-corrected chi connectivity index (χ4v) is 2.03. The molecule has 0 aliphatic carbocycles. The van der Waals surface area contributed by atoms with E-state index in [9.17, 15) is 4.79 Å². The number of hydrogen-bond acceptors (Lipinski definition) is 4. The highest BCUT2D eigenvalue weighted by atomic mass is 16.6. The van der Waals surface area contributed by atoms with Crippen LogP contribution < -0.4 is 0 Å². The van der Waals surface area contributed by atoms with Crippen molar-refractivity contribution < 1.29 is 14.1 Å². The average molecular weight is 224 g/mol. The van der Waals surface area contributed by atoms with Crippen molar-refractivity contribution in [1.82, 2.24) is 10.1 Å². The lowest BCUT2D eigenvalue weighted by atomic mass is 10.1. The van der Waals surface area contributed by atoms with Gasteiger partial charge >= 0.3 is 6.09 Å². The summed E-state index contributed by atoms with van der Waals surface area (Å²) < 4.78 is 10.2. The normalized spacial score (nSPS) is 20.1. The van der Waals surface area contributed by atoms with Crippen molar-refractivity contribution in [2.45, 2.75) is 32.7 Å². The summed E-state index contributed by atoms with van der Waals surface area (Å²) in [7, 11) is 0. The lowest BCUT2D eigenvalue weighted by Crippen LogP contribution is -2.30. The third-order valence-corrected chi connectivity index (χ3v) is 2.73. The van der Waals surface area contributed by atoms with Gasteiger partial charge in [0.05, 0.1) is 18.3 Å². The Balaban J connectivity index is 2.11. The van der Waals surface area contributed by atoms with E-state index in [1.807, 2.05) is 19.9 Å². The number of carbonyl (C=O) groups is 1. The molecule has 1 aromatic heterocycles. The van der Waals surface area contributed by atoms with Crippen molar-refractivity contribution in [3.8, 4) is 0 Å². The second-order valence-corrected chi connectivity index (χ2v) is 3.92. The van der Waals surface area contributed by atoms with Crippen molar-refractivity contribution in [3.05, 3.63) is 17.5 Å². The van der Waals surface area contributed by atoms with Crippen LogP contribution in [0.3, 0.4) is 0 Å². The van der Waals surface area contributed by atoms with Crippen LogP contribution in [-0.4, -0.2) is 29.3 Å². The van der Waals surface area contributed by atoms with E-state index in [2.05, 4.69) is 5.16 Å². The molecule has 2 rings (SSSR count). The zero-order chi connectivity index (χ0) is 11.5. The van der Waals surface area contributed by atoms with Crippen LogP contribution in [0.1, 0.15) is 37.3 Å². The quantitative estimate of drug-likeness (QED) is 0.773. The first-order valence-corrected chi connectivity index (χ1v) is 5.59. The molecular formula is C11H16N2O3. The van der Waals surface area contributed by atoms with Crippen LogP contribution in [-0.2, 0) is 4.74 Å². The summed E-state index contributed by atoms with van der Waals surface area (Å²) >= 11 is 0. The van der Waals surface area contributed by atoms with Crippen molar-refractivity contribution in [2.24, 2.45) is 0 Å². The van der Waals surface area contributed by atoms with Gasteiger partial charge in [-0.2, -0.15) is 0 Å². The van der Waals surface area contributed by atoms with Gasteiger partial charge in [0.25, 0.3) is 0 Å². The van der Waals surface area contributed by atoms with Gasteiger partial charge in [-0.1, -0.05) is 5.16 Å². The number of aryl methyl sites for hydroxylation is 1. The van der Waals surface area contributed by atoms with E-state index < -0.39 is 0 Å². The predicted molar refractivity (Wildman–Crippen MR) is 56.9 cm³/mol. The third-order valence-electron chi connectivity index (χ3n) is 2.73. The summed E-state index contributed by atoms with van der Waals surface area (Å²) in [5.74, 6) is 0.753. The highest BCUT2D eigenvalue weighted by molar-refractivity contribution is 5.68. The van der Waals surface area contributed by atoms with E-state index in [0.717, 1.165) is 30.8 Å². The minimum absolute atomic E-state index is 0.0137. The standard InChI is InChI=1S/C11H16N2O3/c1-3-15-11(14)13-6-4-5-9(13)10-7-8(2)12-16-10/h7,9H,3-6H2,1-2H3. The number of rotatable bonds is 2. The zero-order valence-electron chi connectivity index (χ0n) is 9.60. The second kappa shape index (κ2) is 4.55. The summed E-state index contributed by atoms with van der Waals surface area (Å²) in [6.45, 7) is 4.80. The summed E-state index contributed by atoms with van der Waals surface area (Å²) in [4.78, 5) is 13.4. The van der Waals surface area contributed by atoms with Gasteiger partial charge in [0.1, 0.15) is 0 Å². The second-order valence-electron chi connectivity index (χ2n) is 3.92. The first-order chi connectivity index (χ1) is 7.72. The number of carbonyl (C=O) groups excluding carboxylic acids is 1. The lowest BCUT2D eigenvalue weighted by Gasteiger charge is -2.21. The van der Waals surface area contributed by atoms with E-state index in [1.165, 1.54) is 0 Å². The van der Waals surface area contributed by atoms with Gasteiger partial charge in [0.15, 0.2) is 5.76 Å². The Kier molecular flexibility index (Phi) is 3.12. The van der Waals surface area contributed by atoms with Gasteiger partial charge in [0.2, 0.25) is 0 Å². The summed E-state index contributed by atoms with van der Waals surface area (Å²) in [6, 6.07) is 1.86. The molecule has 0 bridgehead atoms. The maximum absolute atomic E-state index is 11.7. The lowest BCUT2D eigenvalue weighted by molar-refractivity contribution is 0.0976. The van der Waals surface area contributed by atoms with Crippen LogP contribution >= 0.6 is 0 Å². The molecule has 1 fully saturated rings. The summed E-state index contributed by atoms with van der Waals surface area (Å²) in [6.07, 6.45) is 1.62. The van der Waals surface area contributed by atoms with E-state index in [4.69, 9.17) is 9.26 Å². The van der Waals surface area contributed by atoms with Gasteiger partial charge in [-0.05, 0) is 26.7 Å². The molecule has 0 saturated carbocycles. The molecule has 1 aliphatic rings. The van der Waals surface area contributed by atoms with Crippen LogP contribution in [0.25, 0.3) is 0 Å². The number of aromatic nitrogens is 1. The summed E-state index contributed by atoms with van der Waals surface area (Å²) in [5.41, 5.74) is 0.839. The van der Waals surface area contributed by atoms with Crippen LogP contribution in [0.2, 0.25) is 0 Å². The Morgan fingerprint density at radius 3 is 3.19 bits per heavy atom. The molecule has 0 spiro atoms. The van der Waals surface area contributed by atoms with Crippen molar-refractivity contribution in [2.75, 3.05) is 13.2 Å². The number of nitrogens with zero attached hydrogens (tertiary/aromatic N) is 2. The van der Waals surface area contributed by atoms with E-state index in [0.29, 0.717) is 6.61 Å². The molecule has 5 heteroatoms. The molecule has 1 unspecified atom stereocenters. The minimum Gasteiger partial charge on any atom is -0.450 e. The first-order valence-electron chi connectivity index (χ1n) is 5.59. The molecule has 88 valence electrons. The topological polar surface area (TPSA) is 55.6 Å². The SMILES string of the molecule is CCOC(=O)N1CCCC1c1cc(C)no1. The number of hydrogen-bond donors (Lipinski definition) is 0. The highest BCUT2D eigenvalue weighted by Crippen LogP contribution is 2.32. The maximum Gasteiger partial charge on any atom is 0.410 e. The van der Waals surface area contributed by atoms with E-state index in [-0.39, 0.29) is 12.1 Å². The smallest absolute Gasteiger partial charge is 0.410 e. The Morgan fingerprint density at radius 1 is 1.75 bits per heavy atom. The highest BCUT2D eigenvalue weighted by Gasteiger charge is 2.33. The van der Waals surface area contributed by atoms with Gasteiger partial charge < -0.3 is 9.26 Å². The van der Waals surface area contributed by atoms with Gasteiger partial charge in [0, 0.05) is 12.6 Å². The van der Waals surface area contributed by atoms with Gasteiger partial charge in [-0.15, -0.1) is 0 Å². The van der Waals surface area contributed by atoms with Crippen molar-refractivity contribution >= 4 is 6.09 Å². The molecule has 0 N–H and O–H groups in total. The predicted octanol–water partition coefficient (Wildman–Crippen LogP) is 2.28. The first kappa shape index (κ1) is 11.0. The third kappa shape index (κ3) is 2.03. The van der Waals surface area contributed by atoms with Gasteiger partial charge in [-0.3, -0.25) is 4.90 Å². The fraction of sp³-hybridized carbons (Fsp3) is 0.636. The Labute approximate surface area is 94.3 Å².